The summed E-state index contributed by atoms with van der Waals surface area (Å²) < 4.78 is 1.76. The monoisotopic (exact) mass is 289 g/mol. The lowest BCUT2D eigenvalue weighted by Crippen LogP contribution is -2.23. The van der Waals surface area contributed by atoms with Crippen LogP contribution in [0.15, 0.2) is 12.4 Å². The van der Waals surface area contributed by atoms with Crippen LogP contribution in [0.3, 0.4) is 0 Å². The SMILES string of the molecule is Cc1cc(C(=O)NCc2nncn2C)sc1C#CCN. The fourth-order valence-corrected chi connectivity index (χ4v) is 2.53. The van der Waals surface area contributed by atoms with Gasteiger partial charge in [-0.2, -0.15) is 0 Å². The van der Waals surface area contributed by atoms with E-state index in [9.17, 15) is 4.79 Å². The van der Waals surface area contributed by atoms with Crippen molar-refractivity contribution in [3.8, 4) is 11.8 Å². The molecular weight excluding hydrogens is 274 g/mol. The van der Waals surface area contributed by atoms with Crippen LogP contribution >= 0.6 is 11.3 Å². The minimum absolute atomic E-state index is 0.137. The van der Waals surface area contributed by atoms with Gasteiger partial charge < -0.3 is 15.6 Å². The quantitative estimate of drug-likeness (QED) is 0.802. The van der Waals surface area contributed by atoms with Crippen molar-refractivity contribution in [2.24, 2.45) is 12.8 Å². The van der Waals surface area contributed by atoms with E-state index in [2.05, 4.69) is 27.4 Å². The van der Waals surface area contributed by atoms with E-state index in [0.717, 1.165) is 10.4 Å². The molecule has 104 valence electrons. The molecule has 2 heterocycles. The third-order valence-corrected chi connectivity index (χ3v) is 3.81. The number of thiophene rings is 1. The zero-order chi connectivity index (χ0) is 14.5. The van der Waals surface area contributed by atoms with E-state index in [1.165, 1.54) is 11.3 Å². The van der Waals surface area contributed by atoms with Crippen LogP contribution < -0.4 is 11.1 Å². The molecule has 0 aliphatic heterocycles. The summed E-state index contributed by atoms with van der Waals surface area (Å²) in [6.07, 6.45) is 1.59. The molecule has 0 atom stereocenters. The molecule has 0 aromatic carbocycles. The number of hydrogen-bond acceptors (Lipinski definition) is 5. The molecule has 0 bridgehead atoms. The summed E-state index contributed by atoms with van der Waals surface area (Å²) in [7, 11) is 1.83. The van der Waals surface area contributed by atoms with Crippen LogP contribution in [0, 0.1) is 18.8 Å². The van der Waals surface area contributed by atoms with Gasteiger partial charge in [0.15, 0.2) is 5.82 Å². The minimum atomic E-state index is -0.137. The maximum absolute atomic E-state index is 12.1. The second kappa shape index (κ2) is 6.32. The van der Waals surface area contributed by atoms with E-state index in [0.29, 0.717) is 23.8 Å². The molecule has 6 nitrogen and oxygen atoms in total. The van der Waals surface area contributed by atoms with Gasteiger partial charge in [-0.15, -0.1) is 21.5 Å². The third kappa shape index (κ3) is 3.23. The van der Waals surface area contributed by atoms with Crippen molar-refractivity contribution in [2.75, 3.05) is 6.54 Å². The number of rotatable bonds is 3. The first-order valence-corrected chi connectivity index (χ1v) is 6.84. The van der Waals surface area contributed by atoms with E-state index in [1.54, 1.807) is 10.9 Å². The van der Waals surface area contributed by atoms with Crippen LogP contribution in [0.2, 0.25) is 0 Å². The summed E-state index contributed by atoms with van der Waals surface area (Å²) in [5, 5.41) is 10.5. The summed E-state index contributed by atoms with van der Waals surface area (Å²) in [6.45, 7) is 2.58. The van der Waals surface area contributed by atoms with Crippen LogP contribution in [-0.2, 0) is 13.6 Å². The van der Waals surface area contributed by atoms with Crippen LogP contribution in [0.1, 0.15) is 25.9 Å². The van der Waals surface area contributed by atoms with Gasteiger partial charge in [0.2, 0.25) is 0 Å². The molecule has 0 aliphatic rings. The molecule has 2 rings (SSSR count). The number of nitrogens with zero attached hydrogens (tertiary/aromatic N) is 3. The lowest BCUT2D eigenvalue weighted by atomic mass is 10.2. The molecular formula is C13H15N5OS. The average molecular weight is 289 g/mol. The Kier molecular flexibility index (Phi) is 4.50. The van der Waals surface area contributed by atoms with Crippen molar-refractivity contribution < 1.29 is 4.79 Å². The lowest BCUT2D eigenvalue weighted by molar-refractivity contribution is 0.0953. The molecule has 7 heteroatoms. The number of nitrogens with one attached hydrogen (secondary N) is 1. The van der Waals surface area contributed by atoms with Gasteiger partial charge in [-0.05, 0) is 18.6 Å². The summed E-state index contributed by atoms with van der Waals surface area (Å²) in [5.74, 6) is 6.32. The lowest BCUT2D eigenvalue weighted by Gasteiger charge is -2.02. The molecule has 0 spiro atoms. The highest BCUT2D eigenvalue weighted by Gasteiger charge is 2.12. The summed E-state index contributed by atoms with van der Waals surface area (Å²) >= 11 is 1.36. The molecule has 2 aromatic rings. The molecule has 20 heavy (non-hydrogen) atoms. The maximum atomic E-state index is 12.1. The van der Waals surface area contributed by atoms with Gasteiger partial charge >= 0.3 is 0 Å². The van der Waals surface area contributed by atoms with Gasteiger partial charge in [-0.25, -0.2) is 0 Å². The number of nitrogens with two attached hydrogens (primary N) is 1. The van der Waals surface area contributed by atoms with Gasteiger partial charge in [-0.3, -0.25) is 4.79 Å². The highest BCUT2D eigenvalue weighted by Crippen LogP contribution is 2.20. The number of amides is 1. The van der Waals surface area contributed by atoms with Gasteiger partial charge in [0.25, 0.3) is 5.91 Å². The van der Waals surface area contributed by atoms with Gasteiger partial charge in [0.05, 0.1) is 22.8 Å². The van der Waals surface area contributed by atoms with Crippen LogP contribution in [0.25, 0.3) is 0 Å². The molecule has 3 N–H and O–H groups in total. The second-order valence-corrected chi connectivity index (χ2v) is 5.22. The molecule has 2 aromatic heterocycles. The Morgan fingerprint density at radius 2 is 2.40 bits per heavy atom. The van der Waals surface area contributed by atoms with E-state index in [-0.39, 0.29) is 5.91 Å². The van der Waals surface area contributed by atoms with E-state index in [4.69, 9.17) is 5.73 Å². The second-order valence-electron chi connectivity index (χ2n) is 4.17. The highest BCUT2D eigenvalue weighted by molar-refractivity contribution is 7.14. The Labute approximate surface area is 121 Å². The van der Waals surface area contributed by atoms with Crippen molar-refractivity contribution >= 4 is 17.2 Å². The first-order valence-electron chi connectivity index (χ1n) is 6.02. The van der Waals surface area contributed by atoms with Crippen molar-refractivity contribution in [2.45, 2.75) is 13.5 Å². The molecule has 0 saturated heterocycles. The summed E-state index contributed by atoms with van der Waals surface area (Å²) in [5.41, 5.74) is 6.33. The summed E-state index contributed by atoms with van der Waals surface area (Å²) in [4.78, 5) is 13.6. The van der Waals surface area contributed by atoms with Crippen molar-refractivity contribution in [3.05, 3.63) is 33.5 Å². The zero-order valence-corrected chi connectivity index (χ0v) is 12.1. The maximum Gasteiger partial charge on any atom is 0.261 e. The molecule has 1 amide bonds. The minimum Gasteiger partial charge on any atom is -0.344 e. The predicted molar refractivity (Wildman–Crippen MR) is 77.2 cm³/mol. The Morgan fingerprint density at radius 3 is 3.05 bits per heavy atom. The van der Waals surface area contributed by atoms with Crippen LogP contribution in [0.4, 0.5) is 0 Å². The molecule has 0 fully saturated rings. The van der Waals surface area contributed by atoms with Gasteiger partial charge in [-0.1, -0.05) is 11.8 Å². The molecule has 0 saturated carbocycles. The van der Waals surface area contributed by atoms with Crippen molar-refractivity contribution in [3.63, 3.8) is 0 Å². The highest BCUT2D eigenvalue weighted by atomic mass is 32.1. The molecule has 0 radical (unpaired) electrons. The standard InChI is InChI=1S/C13H15N5OS/c1-9-6-11(20-10(9)4-3-5-14)13(19)15-7-12-17-16-8-18(12)2/h6,8H,5,7,14H2,1-2H3,(H,15,19). The van der Waals surface area contributed by atoms with E-state index in [1.807, 2.05) is 20.0 Å². The van der Waals surface area contributed by atoms with Crippen LogP contribution in [-0.4, -0.2) is 27.2 Å². The summed E-state index contributed by atoms with van der Waals surface area (Å²) in [6, 6.07) is 1.83. The number of carbonyl (C=O) groups is 1. The Hall–Kier alpha value is -2.17. The normalized spacial score (nSPS) is 9.95. The van der Waals surface area contributed by atoms with Crippen LogP contribution in [0.5, 0.6) is 0 Å². The Morgan fingerprint density at radius 1 is 1.60 bits per heavy atom. The number of carbonyl (C=O) groups excluding carboxylic acids is 1. The number of hydrogen-bond donors (Lipinski definition) is 2. The zero-order valence-electron chi connectivity index (χ0n) is 11.3. The Bertz CT molecular complexity index is 676. The van der Waals surface area contributed by atoms with E-state index < -0.39 is 0 Å². The smallest absolute Gasteiger partial charge is 0.261 e. The third-order valence-electron chi connectivity index (χ3n) is 2.66. The number of aryl methyl sites for hydroxylation is 2. The topological polar surface area (TPSA) is 85.8 Å². The fourth-order valence-electron chi connectivity index (χ4n) is 1.56. The Balaban J connectivity index is 2.04. The first kappa shape index (κ1) is 14.2. The molecule has 0 unspecified atom stereocenters. The largest absolute Gasteiger partial charge is 0.344 e. The molecule has 0 aliphatic carbocycles. The van der Waals surface area contributed by atoms with Crippen molar-refractivity contribution in [1.82, 2.24) is 20.1 Å². The van der Waals surface area contributed by atoms with E-state index >= 15 is 0 Å². The van der Waals surface area contributed by atoms with Crippen molar-refractivity contribution in [1.29, 1.82) is 0 Å². The first-order chi connectivity index (χ1) is 9.61. The fraction of sp³-hybridized carbons (Fsp3) is 0.308. The van der Waals surface area contributed by atoms with Gasteiger partial charge in [0, 0.05) is 7.05 Å². The number of aromatic nitrogens is 3. The van der Waals surface area contributed by atoms with Gasteiger partial charge in [0.1, 0.15) is 6.33 Å². The predicted octanol–water partition coefficient (Wildman–Crippen LogP) is 0.425. The average Bonchev–Trinajstić information content (AvgIpc) is 3.00.